The zero-order valence-corrected chi connectivity index (χ0v) is 6.50. The van der Waals surface area contributed by atoms with E-state index in [-0.39, 0.29) is 5.71 Å². The van der Waals surface area contributed by atoms with Crippen molar-refractivity contribution < 1.29 is 0 Å². The molecule has 10 heavy (non-hydrogen) atoms. The van der Waals surface area contributed by atoms with Crippen molar-refractivity contribution in [3.8, 4) is 0 Å². The zero-order valence-electron chi connectivity index (χ0n) is 4.99. The number of allylic oxidation sites excluding steroid dienone is 2. The van der Waals surface area contributed by atoms with Crippen LogP contribution < -0.4 is 5.73 Å². The second kappa shape index (κ2) is 2.74. The Morgan fingerprint density at radius 2 is 1.70 bits per heavy atom. The van der Waals surface area contributed by atoms with Crippen molar-refractivity contribution in [1.82, 2.24) is 0 Å². The Morgan fingerprint density at radius 1 is 1.20 bits per heavy atom. The van der Waals surface area contributed by atoms with Gasteiger partial charge < -0.3 is 11.1 Å². The smallest absolute Gasteiger partial charge is 0.106 e. The second-order valence-corrected chi connectivity index (χ2v) is 2.67. The summed E-state index contributed by atoms with van der Waals surface area (Å²) in [5, 5.41) is 7.94. The fraction of sp³-hybridized carbons (Fsp3) is 0. The Morgan fingerprint density at radius 3 is 2.20 bits per heavy atom. The van der Waals surface area contributed by atoms with Crippen molar-refractivity contribution in [2.75, 3.05) is 0 Å². The van der Waals surface area contributed by atoms with Crippen LogP contribution in [0.3, 0.4) is 0 Å². The summed E-state index contributed by atoms with van der Waals surface area (Å²) in [5.41, 5.74) is 5.56. The van der Waals surface area contributed by atoms with Crippen molar-refractivity contribution in [3.05, 3.63) is 28.3 Å². The van der Waals surface area contributed by atoms with Crippen LogP contribution in [0, 0.1) is 11.5 Å². The molecule has 0 aromatic heterocycles. The molecular formula is C6H5Cl2N2. The molecule has 1 aliphatic carbocycles. The topological polar surface area (TPSA) is 49.9 Å². The van der Waals surface area contributed by atoms with E-state index in [0.717, 1.165) is 0 Å². The first-order chi connectivity index (χ1) is 4.61. The molecule has 4 heteroatoms. The lowest BCUT2D eigenvalue weighted by Crippen LogP contribution is -2.19. The molecule has 0 fully saturated rings. The fourth-order valence-corrected chi connectivity index (χ4v) is 0.898. The van der Waals surface area contributed by atoms with E-state index in [9.17, 15) is 0 Å². The lowest BCUT2D eigenvalue weighted by Gasteiger charge is -2.10. The minimum absolute atomic E-state index is 0.203. The number of hydrogen-bond acceptors (Lipinski definition) is 2. The predicted molar refractivity (Wildman–Crippen MR) is 43.0 cm³/mol. The van der Waals surface area contributed by atoms with Crippen LogP contribution in [-0.2, 0) is 0 Å². The van der Waals surface area contributed by atoms with Gasteiger partial charge in [0.15, 0.2) is 0 Å². The van der Waals surface area contributed by atoms with Crippen LogP contribution in [-0.4, -0.2) is 5.71 Å². The third-order valence-electron chi connectivity index (χ3n) is 1.09. The lowest BCUT2D eigenvalue weighted by atomic mass is 10.1. The molecule has 0 saturated heterocycles. The quantitative estimate of drug-likeness (QED) is 0.580. The third kappa shape index (κ3) is 1.40. The number of nitrogens with two attached hydrogens (primary N) is 1. The summed E-state index contributed by atoms with van der Waals surface area (Å²) < 4.78 is 0. The first-order valence-electron chi connectivity index (χ1n) is 2.57. The van der Waals surface area contributed by atoms with E-state index in [2.05, 4.69) is 0 Å². The van der Waals surface area contributed by atoms with Gasteiger partial charge in [0.1, 0.15) is 6.04 Å². The maximum Gasteiger partial charge on any atom is 0.106 e. The molecule has 0 amide bonds. The van der Waals surface area contributed by atoms with Gasteiger partial charge in [-0.15, -0.1) is 0 Å². The predicted octanol–water partition coefficient (Wildman–Crippen LogP) is 1.76. The minimum Gasteiger partial charge on any atom is -0.315 e. The van der Waals surface area contributed by atoms with E-state index in [1.807, 2.05) is 0 Å². The van der Waals surface area contributed by atoms with Gasteiger partial charge in [-0.25, -0.2) is 0 Å². The van der Waals surface area contributed by atoms with Crippen LogP contribution in [0.15, 0.2) is 22.2 Å². The van der Waals surface area contributed by atoms with Crippen molar-refractivity contribution in [3.63, 3.8) is 0 Å². The Labute approximate surface area is 68.8 Å². The van der Waals surface area contributed by atoms with Gasteiger partial charge in [0.2, 0.25) is 0 Å². The van der Waals surface area contributed by atoms with Crippen LogP contribution in [0.1, 0.15) is 0 Å². The molecule has 3 N–H and O–H groups in total. The largest absolute Gasteiger partial charge is 0.315 e. The molecule has 0 aromatic carbocycles. The van der Waals surface area contributed by atoms with Crippen molar-refractivity contribution >= 4 is 28.9 Å². The van der Waals surface area contributed by atoms with Gasteiger partial charge in [-0.3, -0.25) is 0 Å². The Bertz CT molecular complexity index is 230. The fourth-order valence-electron chi connectivity index (χ4n) is 0.562. The molecule has 1 rings (SSSR count). The summed E-state index contributed by atoms with van der Waals surface area (Å²) in [6.45, 7) is 0. The van der Waals surface area contributed by atoms with Crippen LogP contribution >= 0.6 is 23.2 Å². The molecule has 0 heterocycles. The van der Waals surface area contributed by atoms with E-state index in [0.29, 0.717) is 16.1 Å². The first kappa shape index (κ1) is 7.79. The minimum atomic E-state index is 0.203. The van der Waals surface area contributed by atoms with E-state index in [1.165, 1.54) is 12.2 Å². The Balaban J connectivity index is 2.94. The maximum absolute atomic E-state index is 7.19. The monoisotopic (exact) mass is 175 g/mol. The van der Waals surface area contributed by atoms with Gasteiger partial charge in [-0.2, -0.15) is 0 Å². The van der Waals surface area contributed by atoms with Crippen LogP contribution in [0.25, 0.3) is 0 Å². The van der Waals surface area contributed by atoms with E-state index >= 15 is 0 Å². The summed E-state index contributed by atoms with van der Waals surface area (Å²) in [5.74, 6) is 0. The third-order valence-corrected chi connectivity index (χ3v) is 1.81. The molecule has 1 aliphatic rings. The molecule has 1 radical (unpaired) electrons. The van der Waals surface area contributed by atoms with E-state index < -0.39 is 0 Å². The van der Waals surface area contributed by atoms with Gasteiger partial charge in [-0.05, 0) is 12.2 Å². The molecule has 2 nitrogen and oxygen atoms in total. The van der Waals surface area contributed by atoms with Crippen LogP contribution in [0.2, 0.25) is 0 Å². The molecule has 53 valence electrons. The molecule has 0 bridgehead atoms. The number of rotatable bonds is 0. The molecule has 0 aliphatic heterocycles. The van der Waals surface area contributed by atoms with Crippen molar-refractivity contribution in [2.24, 2.45) is 5.73 Å². The summed E-state index contributed by atoms with van der Waals surface area (Å²) in [7, 11) is 0. The maximum atomic E-state index is 7.19. The summed E-state index contributed by atoms with van der Waals surface area (Å²) in [6.07, 6.45) is 2.88. The highest BCUT2D eigenvalue weighted by Crippen LogP contribution is 2.25. The highest BCUT2D eigenvalue weighted by molar-refractivity contribution is 6.46. The second-order valence-electron chi connectivity index (χ2n) is 1.85. The van der Waals surface area contributed by atoms with Crippen molar-refractivity contribution in [1.29, 1.82) is 5.41 Å². The average molecular weight is 176 g/mol. The summed E-state index contributed by atoms with van der Waals surface area (Å²) in [6, 6.07) is 0.342. The molecular weight excluding hydrogens is 171 g/mol. The standard InChI is InChI=1S/C6H5Cl2N2/c7-3-1-5(9)6(10)2-4(3)8/h1-2,9H,10H2. The molecule has 0 atom stereocenters. The Kier molecular flexibility index (Phi) is 2.14. The SMILES string of the molecule is N=C1C=C(Cl)C(Cl)=C[C]1N. The highest BCUT2D eigenvalue weighted by Gasteiger charge is 2.14. The van der Waals surface area contributed by atoms with Gasteiger partial charge >= 0.3 is 0 Å². The summed E-state index contributed by atoms with van der Waals surface area (Å²) >= 11 is 11.2. The van der Waals surface area contributed by atoms with Crippen LogP contribution in [0.4, 0.5) is 0 Å². The van der Waals surface area contributed by atoms with Crippen LogP contribution in [0.5, 0.6) is 0 Å². The lowest BCUT2D eigenvalue weighted by molar-refractivity contribution is 1.25. The summed E-state index contributed by atoms with van der Waals surface area (Å²) in [4.78, 5) is 0. The highest BCUT2D eigenvalue weighted by atomic mass is 35.5. The average Bonchev–Trinajstić information content (AvgIpc) is 1.84. The normalized spacial score (nSPS) is 20.5. The Hall–Kier alpha value is -0.310. The molecule has 0 aromatic rings. The van der Waals surface area contributed by atoms with Gasteiger partial charge in [0.25, 0.3) is 0 Å². The van der Waals surface area contributed by atoms with E-state index in [4.69, 9.17) is 34.3 Å². The number of hydrogen-bond donors (Lipinski definition) is 2. The van der Waals surface area contributed by atoms with Gasteiger partial charge in [0.05, 0.1) is 15.8 Å². The molecule has 0 spiro atoms. The number of halogens is 2. The van der Waals surface area contributed by atoms with Crippen molar-refractivity contribution in [2.45, 2.75) is 0 Å². The zero-order chi connectivity index (χ0) is 7.72. The van der Waals surface area contributed by atoms with E-state index in [1.54, 1.807) is 0 Å². The number of nitrogens with one attached hydrogen (secondary N) is 1. The van der Waals surface area contributed by atoms with Gasteiger partial charge in [-0.1, -0.05) is 23.2 Å². The first-order valence-corrected chi connectivity index (χ1v) is 3.33. The van der Waals surface area contributed by atoms with Gasteiger partial charge in [0, 0.05) is 0 Å². The molecule has 0 saturated carbocycles. The molecule has 0 unspecified atom stereocenters.